The van der Waals surface area contributed by atoms with E-state index in [9.17, 15) is 9.59 Å². The zero-order valence-electron chi connectivity index (χ0n) is 20.0. The Balaban J connectivity index is 1.08. The third-order valence-corrected chi connectivity index (χ3v) is 7.93. The van der Waals surface area contributed by atoms with Crippen LogP contribution in [0.5, 0.6) is 5.75 Å². The van der Waals surface area contributed by atoms with E-state index in [1.807, 2.05) is 41.6 Å². The third kappa shape index (κ3) is 4.51. The second kappa shape index (κ2) is 9.36. The second-order valence-corrected chi connectivity index (χ2v) is 10.3. The topological polar surface area (TPSA) is 78.5 Å². The van der Waals surface area contributed by atoms with E-state index in [0.29, 0.717) is 48.9 Å². The van der Waals surface area contributed by atoms with Gasteiger partial charge in [0.05, 0.1) is 6.54 Å². The van der Waals surface area contributed by atoms with Crippen LogP contribution in [-0.2, 0) is 11.2 Å². The number of amides is 2. The predicted molar refractivity (Wildman–Crippen MR) is 133 cm³/mol. The number of hydrogen-bond acceptors (Lipinski definition) is 4. The van der Waals surface area contributed by atoms with Crippen LogP contribution in [0.3, 0.4) is 0 Å². The van der Waals surface area contributed by atoms with Crippen molar-refractivity contribution >= 4 is 22.8 Å². The quantitative estimate of drug-likeness (QED) is 0.559. The van der Waals surface area contributed by atoms with Crippen molar-refractivity contribution in [1.82, 2.24) is 19.8 Å². The highest BCUT2D eigenvalue weighted by Gasteiger charge is 2.43. The van der Waals surface area contributed by atoms with Crippen molar-refractivity contribution < 1.29 is 14.3 Å². The smallest absolute Gasteiger partial charge is 0.254 e. The van der Waals surface area contributed by atoms with E-state index >= 15 is 0 Å². The molecule has 7 nitrogen and oxygen atoms in total. The minimum atomic E-state index is 0.117. The number of aromatic amines is 1. The fourth-order valence-corrected chi connectivity index (χ4v) is 6.30. The molecule has 1 aromatic carbocycles. The van der Waals surface area contributed by atoms with Gasteiger partial charge in [-0.15, -0.1) is 0 Å². The van der Waals surface area contributed by atoms with E-state index in [-0.39, 0.29) is 11.8 Å². The molecule has 2 bridgehead atoms. The molecule has 2 aromatic heterocycles. The van der Waals surface area contributed by atoms with Crippen molar-refractivity contribution in [3.63, 3.8) is 0 Å². The molecule has 3 fully saturated rings. The number of ether oxygens (including phenoxy) is 1. The maximum atomic E-state index is 13.5. The average Bonchev–Trinajstić information content (AvgIpc) is 3.56. The van der Waals surface area contributed by atoms with Gasteiger partial charge in [0.1, 0.15) is 18.0 Å². The molecule has 3 aliphatic rings. The van der Waals surface area contributed by atoms with Crippen molar-refractivity contribution in [1.29, 1.82) is 0 Å². The van der Waals surface area contributed by atoms with Crippen molar-refractivity contribution in [2.24, 2.45) is 5.92 Å². The summed E-state index contributed by atoms with van der Waals surface area (Å²) >= 11 is 0. The van der Waals surface area contributed by atoms with Crippen LogP contribution in [0.25, 0.3) is 11.0 Å². The number of piperidine rings is 1. The van der Waals surface area contributed by atoms with Gasteiger partial charge in [0, 0.05) is 48.4 Å². The van der Waals surface area contributed by atoms with Crippen molar-refractivity contribution in [2.45, 2.75) is 57.0 Å². The number of nitrogens with zero attached hydrogens (tertiary/aromatic N) is 3. The number of carbonyl (C=O) groups excluding carboxylic acids is 2. The predicted octanol–water partition coefficient (Wildman–Crippen LogP) is 4.19. The van der Waals surface area contributed by atoms with Crippen LogP contribution in [-0.4, -0.2) is 63.4 Å². The van der Waals surface area contributed by atoms with Crippen LogP contribution in [0.4, 0.5) is 0 Å². The van der Waals surface area contributed by atoms with E-state index in [2.05, 4.69) is 27.0 Å². The SMILES string of the molecule is O=C1CCCN1CCOc1cccc(C(=O)N2C3CCC2CC(Cc2cnc4[nH]ccc4c2)C3)c1. The molecule has 0 saturated carbocycles. The summed E-state index contributed by atoms with van der Waals surface area (Å²) in [5.41, 5.74) is 2.91. The maximum Gasteiger partial charge on any atom is 0.254 e. The van der Waals surface area contributed by atoms with E-state index in [1.165, 1.54) is 5.56 Å². The Bertz CT molecular complexity index is 1220. The fourth-order valence-electron chi connectivity index (χ4n) is 6.30. The largest absolute Gasteiger partial charge is 0.492 e. The zero-order valence-corrected chi connectivity index (χ0v) is 20.0. The Morgan fingerprint density at radius 1 is 1.14 bits per heavy atom. The van der Waals surface area contributed by atoms with Crippen LogP contribution in [0.15, 0.2) is 48.8 Å². The molecule has 3 saturated heterocycles. The average molecular weight is 473 g/mol. The monoisotopic (exact) mass is 472 g/mol. The number of benzene rings is 1. The van der Waals surface area contributed by atoms with Crippen molar-refractivity contribution in [3.8, 4) is 5.75 Å². The van der Waals surface area contributed by atoms with Crippen LogP contribution in [0, 0.1) is 5.92 Å². The second-order valence-electron chi connectivity index (χ2n) is 10.3. The molecule has 1 N–H and O–H groups in total. The van der Waals surface area contributed by atoms with E-state index in [4.69, 9.17) is 4.74 Å². The number of H-pyrrole nitrogens is 1. The number of hydrogen-bond donors (Lipinski definition) is 1. The molecule has 3 aliphatic heterocycles. The van der Waals surface area contributed by atoms with Gasteiger partial charge in [-0.2, -0.15) is 0 Å². The molecule has 35 heavy (non-hydrogen) atoms. The summed E-state index contributed by atoms with van der Waals surface area (Å²) in [6, 6.07) is 12.5. The minimum Gasteiger partial charge on any atom is -0.492 e. The Labute approximate surface area is 205 Å². The van der Waals surface area contributed by atoms with E-state index in [0.717, 1.165) is 56.1 Å². The van der Waals surface area contributed by atoms with Crippen LogP contribution >= 0.6 is 0 Å². The number of carbonyl (C=O) groups is 2. The van der Waals surface area contributed by atoms with Crippen molar-refractivity contribution in [3.05, 3.63) is 59.9 Å². The van der Waals surface area contributed by atoms with Crippen LogP contribution in [0.1, 0.15) is 54.4 Å². The molecule has 7 heteroatoms. The lowest BCUT2D eigenvalue weighted by Crippen LogP contribution is -2.46. The fraction of sp³-hybridized carbons (Fsp3) is 0.464. The number of pyridine rings is 1. The van der Waals surface area contributed by atoms with Crippen molar-refractivity contribution in [2.75, 3.05) is 19.7 Å². The summed E-state index contributed by atoms with van der Waals surface area (Å²) < 4.78 is 5.90. The number of likely N-dealkylation sites (tertiary alicyclic amines) is 1. The molecular weight excluding hydrogens is 440 g/mol. The van der Waals surface area contributed by atoms with Crippen LogP contribution < -0.4 is 4.74 Å². The lowest BCUT2D eigenvalue weighted by Gasteiger charge is -2.39. The molecular formula is C28H32N4O3. The minimum absolute atomic E-state index is 0.117. The van der Waals surface area contributed by atoms with E-state index < -0.39 is 0 Å². The molecule has 2 amide bonds. The molecule has 3 aromatic rings. The lowest BCUT2D eigenvalue weighted by molar-refractivity contribution is -0.128. The lowest BCUT2D eigenvalue weighted by atomic mass is 9.85. The highest BCUT2D eigenvalue weighted by Crippen LogP contribution is 2.41. The van der Waals surface area contributed by atoms with Gasteiger partial charge in [-0.05, 0) is 80.3 Å². The van der Waals surface area contributed by atoms with E-state index in [1.54, 1.807) is 0 Å². The summed E-state index contributed by atoms with van der Waals surface area (Å²) in [5.74, 6) is 1.60. The maximum absolute atomic E-state index is 13.5. The number of fused-ring (bicyclic) bond motifs is 3. The first kappa shape index (κ1) is 22.1. The molecule has 0 spiro atoms. The van der Waals surface area contributed by atoms with Gasteiger partial charge in [0.2, 0.25) is 5.91 Å². The Kier molecular flexibility index (Phi) is 5.92. The first-order chi connectivity index (χ1) is 17.1. The van der Waals surface area contributed by atoms with Gasteiger partial charge in [-0.25, -0.2) is 4.98 Å². The van der Waals surface area contributed by atoms with Crippen LogP contribution in [0.2, 0.25) is 0 Å². The van der Waals surface area contributed by atoms with Gasteiger partial charge >= 0.3 is 0 Å². The Morgan fingerprint density at radius 3 is 2.80 bits per heavy atom. The summed E-state index contributed by atoms with van der Waals surface area (Å²) in [6.07, 6.45) is 10.8. The number of rotatable bonds is 7. The molecule has 6 rings (SSSR count). The normalized spacial score (nSPS) is 23.9. The summed E-state index contributed by atoms with van der Waals surface area (Å²) in [7, 11) is 0. The highest BCUT2D eigenvalue weighted by molar-refractivity contribution is 5.95. The first-order valence-electron chi connectivity index (χ1n) is 12.9. The summed E-state index contributed by atoms with van der Waals surface area (Å²) in [5, 5.41) is 1.16. The molecule has 182 valence electrons. The first-order valence-corrected chi connectivity index (χ1v) is 12.9. The number of nitrogens with one attached hydrogen (secondary N) is 1. The van der Waals surface area contributed by atoms with Gasteiger partial charge in [-0.3, -0.25) is 9.59 Å². The molecule has 0 aliphatic carbocycles. The molecule has 2 unspecified atom stereocenters. The Hall–Kier alpha value is -3.35. The van der Waals surface area contributed by atoms with Gasteiger partial charge in [0.15, 0.2) is 0 Å². The summed E-state index contributed by atoms with van der Waals surface area (Å²) in [6.45, 7) is 1.86. The molecule has 5 heterocycles. The molecule has 2 atom stereocenters. The summed E-state index contributed by atoms with van der Waals surface area (Å²) in [4.78, 5) is 37.0. The van der Waals surface area contributed by atoms with Gasteiger partial charge in [-0.1, -0.05) is 6.07 Å². The zero-order chi connectivity index (χ0) is 23.8. The Morgan fingerprint density at radius 2 is 2.00 bits per heavy atom. The third-order valence-electron chi connectivity index (χ3n) is 7.93. The molecule has 0 radical (unpaired) electrons. The van der Waals surface area contributed by atoms with Gasteiger partial charge < -0.3 is 19.5 Å². The highest BCUT2D eigenvalue weighted by atomic mass is 16.5. The number of aromatic nitrogens is 2. The standard InChI is InChI=1S/C28H32N4O3/c33-26-5-2-10-31(26)11-12-35-25-4-1-3-22(17-25)28(34)32-23-6-7-24(32)16-19(15-23)13-20-14-21-8-9-29-27(21)30-18-20/h1,3-4,8-9,14,17-19,23-24H,2,5-7,10-13,15-16H2,(H,29,30). The van der Waals surface area contributed by atoms with Gasteiger partial charge in [0.25, 0.3) is 5.91 Å².